The summed E-state index contributed by atoms with van der Waals surface area (Å²) in [6.07, 6.45) is 1.88. The molecule has 0 fully saturated rings. The number of nitrogen functional groups attached to an aromatic ring is 1. The number of anilines is 2. The molecule has 2 aromatic heterocycles. The van der Waals surface area contributed by atoms with Crippen molar-refractivity contribution in [2.24, 2.45) is 0 Å². The van der Waals surface area contributed by atoms with Gasteiger partial charge >= 0.3 is 0 Å². The standard InChI is InChI=1S/C12H15N5O2S/c1-7(2)19-11-10(14)8(5-13)20-12(11)15-4-3-9-16-6-18-17-9/h6-7,15H,3-4,14H2,1-2H3. The maximum absolute atomic E-state index is 9.03. The average Bonchev–Trinajstić information content (AvgIpc) is 3.01. The van der Waals surface area contributed by atoms with Gasteiger partial charge in [0.2, 0.25) is 6.39 Å². The smallest absolute Gasteiger partial charge is 0.213 e. The molecule has 0 bridgehead atoms. The Morgan fingerprint density at radius 2 is 2.40 bits per heavy atom. The molecule has 0 saturated carbocycles. The number of nitrogens with one attached hydrogen (secondary N) is 1. The Kier molecular flexibility index (Phi) is 4.42. The fourth-order valence-electron chi connectivity index (χ4n) is 1.57. The molecule has 2 heterocycles. The molecule has 7 nitrogen and oxygen atoms in total. The van der Waals surface area contributed by atoms with Gasteiger partial charge in [0, 0.05) is 13.0 Å². The molecule has 0 atom stereocenters. The molecular formula is C12H15N5O2S. The molecule has 0 aromatic carbocycles. The minimum absolute atomic E-state index is 0.0174. The first-order valence-corrected chi connectivity index (χ1v) is 6.91. The number of aromatic nitrogens is 2. The third-order valence-corrected chi connectivity index (χ3v) is 3.44. The van der Waals surface area contributed by atoms with E-state index in [-0.39, 0.29) is 6.10 Å². The number of ether oxygens (including phenoxy) is 1. The number of hydrogen-bond donors (Lipinski definition) is 2. The first-order chi connectivity index (χ1) is 9.61. The van der Waals surface area contributed by atoms with Gasteiger partial charge in [0.15, 0.2) is 11.6 Å². The van der Waals surface area contributed by atoms with Crippen molar-refractivity contribution in [2.45, 2.75) is 26.4 Å². The molecule has 3 N–H and O–H groups in total. The lowest BCUT2D eigenvalue weighted by molar-refractivity contribution is 0.246. The van der Waals surface area contributed by atoms with Crippen molar-refractivity contribution in [3.05, 3.63) is 17.1 Å². The molecule has 0 spiro atoms. The van der Waals surface area contributed by atoms with Crippen LogP contribution in [0.5, 0.6) is 5.75 Å². The lowest BCUT2D eigenvalue weighted by Crippen LogP contribution is -2.10. The van der Waals surface area contributed by atoms with E-state index in [2.05, 4.69) is 26.0 Å². The fraction of sp³-hybridized carbons (Fsp3) is 0.417. The molecule has 0 amide bonds. The predicted octanol–water partition coefficient (Wildman–Crippen LogP) is 2.03. The Morgan fingerprint density at radius 3 is 3.00 bits per heavy atom. The lowest BCUT2D eigenvalue weighted by Gasteiger charge is -2.12. The number of nitrogens with two attached hydrogens (primary N) is 1. The third-order valence-electron chi connectivity index (χ3n) is 2.40. The van der Waals surface area contributed by atoms with Gasteiger partial charge in [-0.05, 0) is 13.8 Å². The van der Waals surface area contributed by atoms with Crippen LogP contribution in [-0.4, -0.2) is 22.8 Å². The summed E-state index contributed by atoms with van der Waals surface area (Å²) in [5.74, 6) is 1.16. The van der Waals surface area contributed by atoms with Crippen LogP contribution in [0.3, 0.4) is 0 Å². The van der Waals surface area contributed by atoms with Crippen molar-refractivity contribution in [3.8, 4) is 11.8 Å². The summed E-state index contributed by atoms with van der Waals surface area (Å²) < 4.78 is 10.3. The van der Waals surface area contributed by atoms with E-state index in [1.54, 1.807) is 0 Å². The maximum atomic E-state index is 9.03. The molecule has 0 saturated heterocycles. The van der Waals surface area contributed by atoms with E-state index >= 15 is 0 Å². The van der Waals surface area contributed by atoms with Crippen LogP contribution < -0.4 is 15.8 Å². The highest BCUT2D eigenvalue weighted by Crippen LogP contribution is 2.42. The van der Waals surface area contributed by atoms with E-state index in [0.29, 0.717) is 35.1 Å². The van der Waals surface area contributed by atoms with Gasteiger partial charge in [-0.1, -0.05) is 5.16 Å². The van der Waals surface area contributed by atoms with Gasteiger partial charge in [-0.15, -0.1) is 11.3 Å². The molecular weight excluding hydrogens is 278 g/mol. The largest absolute Gasteiger partial charge is 0.486 e. The van der Waals surface area contributed by atoms with E-state index in [1.807, 2.05) is 13.8 Å². The van der Waals surface area contributed by atoms with E-state index < -0.39 is 0 Å². The SMILES string of the molecule is CC(C)Oc1c(NCCc2ncon2)sc(C#N)c1N. The number of nitriles is 1. The summed E-state index contributed by atoms with van der Waals surface area (Å²) in [5.41, 5.74) is 6.30. The van der Waals surface area contributed by atoms with Gasteiger partial charge in [0.05, 0.1) is 6.10 Å². The summed E-state index contributed by atoms with van der Waals surface area (Å²) >= 11 is 1.28. The van der Waals surface area contributed by atoms with Crippen molar-refractivity contribution >= 4 is 22.0 Å². The second-order valence-corrected chi connectivity index (χ2v) is 5.33. The normalized spacial score (nSPS) is 10.5. The Morgan fingerprint density at radius 1 is 1.60 bits per heavy atom. The molecule has 8 heteroatoms. The van der Waals surface area contributed by atoms with Crippen molar-refractivity contribution in [1.29, 1.82) is 5.26 Å². The predicted molar refractivity (Wildman–Crippen MR) is 75.7 cm³/mol. The van der Waals surface area contributed by atoms with Crippen LogP contribution in [0.2, 0.25) is 0 Å². The highest BCUT2D eigenvalue weighted by atomic mass is 32.1. The minimum Gasteiger partial charge on any atom is -0.486 e. The monoisotopic (exact) mass is 293 g/mol. The number of rotatable bonds is 6. The highest BCUT2D eigenvalue weighted by Gasteiger charge is 2.18. The van der Waals surface area contributed by atoms with Crippen molar-refractivity contribution < 1.29 is 9.26 Å². The number of hydrogen-bond acceptors (Lipinski definition) is 8. The summed E-state index contributed by atoms with van der Waals surface area (Å²) in [6.45, 7) is 4.41. The zero-order valence-corrected chi connectivity index (χ0v) is 12.0. The molecule has 2 aromatic rings. The lowest BCUT2D eigenvalue weighted by atomic mass is 10.3. The van der Waals surface area contributed by atoms with Gasteiger partial charge in [-0.25, -0.2) is 0 Å². The van der Waals surface area contributed by atoms with E-state index in [4.69, 9.17) is 15.7 Å². The molecule has 0 aliphatic rings. The van der Waals surface area contributed by atoms with Crippen LogP contribution in [0.15, 0.2) is 10.9 Å². The molecule has 106 valence electrons. The summed E-state index contributed by atoms with van der Waals surface area (Å²) in [7, 11) is 0. The third kappa shape index (κ3) is 3.19. The van der Waals surface area contributed by atoms with Crippen LogP contribution in [0, 0.1) is 11.3 Å². The van der Waals surface area contributed by atoms with E-state index in [0.717, 1.165) is 5.00 Å². The Labute approximate surface area is 120 Å². The zero-order valence-electron chi connectivity index (χ0n) is 11.2. The first-order valence-electron chi connectivity index (χ1n) is 6.10. The molecule has 0 aliphatic heterocycles. The highest BCUT2D eigenvalue weighted by molar-refractivity contribution is 7.17. The van der Waals surface area contributed by atoms with Gasteiger partial charge in [0.25, 0.3) is 0 Å². The Bertz CT molecular complexity index is 600. The van der Waals surface area contributed by atoms with E-state index in [9.17, 15) is 0 Å². The molecule has 2 rings (SSSR count). The second kappa shape index (κ2) is 6.25. The molecule has 20 heavy (non-hydrogen) atoms. The first kappa shape index (κ1) is 14.1. The van der Waals surface area contributed by atoms with Crippen LogP contribution in [0.1, 0.15) is 24.5 Å². The zero-order chi connectivity index (χ0) is 14.5. The van der Waals surface area contributed by atoms with Gasteiger partial charge in [0.1, 0.15) is 21.6 Å². The molecule has 0 radical (unpaired) electrons. The van der Waals surface area contributed by atoms with Gasteiger partial charge in [-0.3, -0.25) is 0 Å². The molecule has 0 unspecified atom stereocenters. The van der Waals surface area contributed by atoms with Gasteiger partial charge in [-0.2, -0.15) is 10.2 Å². The fourth-order valence-corrected chi connectivity index (χ4v) is 2.45. The van der Waals surface area contributed by atoms with Crippen LogP contribution >= 0.6 is 11.3 Å². The topological polar surface area (TPSA) is 110 Å². The Hall–Kier alpha value is -2.27. The second-order valence-electron chi connectivity index (χ2n) is 4.31. The number of nitrogens with zero attached hydrogens (tertiary/aromatic N) is 3. The van der Waals surface area contributed by atoms with Gasteiger partial charge < -0.3 is 20.3 Å². The maximum Gasteiger partial charge on any atom is 0.213 e. The summed E-state index contributed by atoms with van der Waals surface area (Å²) in [5, 5.41) is 16.7. The van der Waals surface area contributed by atoms with Crippen molar-refractivity contribution in [3.63, 3.8) is 0 Å². The van der Waals surface area contributed by atoms with Crippen LogP contribution in [-0.2, 0) is 6.42 Å². The molecule has 0 aliphatic carbocycles. The quantitative estimate of drug-likeness (QED) is 0.838. The van der Waals surface area contributed by atoms with Crippen molar-refractivity contribution in [1.82, 2.24) is 10.1 Å². The van der Waals surface area contributed by atoms with Crippen LogP contribution in [0.25, 0.3) is 0 Å². The van der Waals surface area contributed by atoms with E-state index in [1.165, 1.54) is 17.7 Å². The number of thiophene rings is 1. The minimum atomic E-state index is -0.0174. The van der Waals surface area contributed by atoms with Crippen LogP contribution in [0.4, 0.5) is 10.7 Å². The van der Waals surface area contributed by atoms with Crippen molar-refractivity contribution in [2.75, 3.05) is 17.6 Å². The average molecular weight is 293 g/mol. The Balaban J connectivity index is 2.07. The summed E-state index contributed by atoms with van der Waals surface area (Å²) in [4.78, 5) is 4.38. The summed E-state index contributed by atoms with van der Waals surface area (Å²) in [6, 6.07) is 2.07.